The molecule has 134 valence electrons. The van der Waals surface area contributed by atoms with Crippen molar-refractivity contribution in [2.45, 2.75) is 38.8 Å². The van der Waals surface area contributed by atoms with Crippen molar-refractivity contribution in [3.8, 4) is 0 Å². The number of likely N-dealkylation sites (tertiary alicyclic amines) is 1. The average Bonchev–Trinajstić information content (AvgIpc) is 2.55. The fourth-order valence-corrected chi connectivity index (χ4v) is 3.28. The Kier molecular flexibility index (Phi) is 7.18. The molecule has 0 N–H and O–H groups in total. The van der Waals surface area contributed by atoms with Gasteiger partial charge in [0.15, 0.2) is 0 Å². The Morgan fingerprint density at radius 2 is 2.12 bits per heavy atom. The Hall–Kier alpha value is -1.46. The molecule has 1 aromatic rings. The molecule has 24 heavy (non-hydrogen) atoms. The van der Waals surface area contributed by atoms with Gasteiger partial charge >= 0.3 is 0 Å². The summed E-state index contributed by atoms with van der Waals surface area (Å²) < 4.78 is 18.7. The Balaban J connectivity index is 2.02. The first-order valence-corrected chi connectivity index (χ1v) is 8.71. The molecule has 0 unspecified atom stereocenters. The second-order valence-corrected chi connectivity index (χ2v) is 6.91. The van der Waals surface area contributed by atoms with Crippen LogP contribution in [-0.2, 0) is 16.1 Å². The molecule has 1 atom stereocenters. The second-order valence-electron chi connectivity index (χ2n) is 6.91. The van der Waals surface area contributed by atoms with Crippen LogP contribution < -0.4 is 0 Å². The average molecular weight is 336 g/mol. The summed E-state index contributed by atoms with van der Waals surface area (Å²) >= 11 is 0. The monoisotopic (exact) mass is 336 g/mol. The maximum Gasteiger partial charge on any atom is 0.223 e. The molecule has 1 aliphatic heterocycles. The maximum atomic E-state index is 13.4. The highest BCUT2D eigenvalue weighted by atomic mass is 19.1. The summed E-state index contributed by atoms with van der Waals surface area (Å²) in [5.41, 5.74) is 0.815. The number of halogens is 1. The van der Waals surface area contributed by atoms with Crippen LogP contribution in [-0.4, -0.2) is 55.6 Å². The Morgan fingerprint density at radius 1 is 1.42 bits per heavy atom. The fourth-order valence-electron chi connectivity index (χ4n) is 3.28. The number of ether oxygens (including phenoxy) is 1. The lowest BCUT2D eigenvalue weighted by molar-refractivity contribution is -0.136. The molecule has 1 amide bonds. The van der Waals surface area contributed by atoms with Crippen molar-refractivity contribution >= 4 is 5.91 Å². The van der Waals surface area contributed by atoms with Crippen molar-refractivity contribution < 1.29 is 13.9 Å². The first-order chi connectivity index (χ1) is 11.5. The third kappa shape index (κ3) is 5.56. The number of methoxy groups -OCH3 is 1. The summed E-state index contributed by atoms with van der Waals surface area (Å²) in [6, 6.07) is 6.43. The van der Waals surface area contributed by atoms with Crippen molar-refractivity contribution in [3.63, 3.8) is 0 Å². The zero-order valence-electron chi connectivity index (χ0n) is 15.0. The summed E-state index contributed by atoms with van der Waals surface area (Å²) in [4.78, 5) is 17.0. The molecule has 0 saturated carbocycles. The van der Waals surface area contributed by atoms with E-state index < -0.39 is 0 Å². The maximum absolute atomic E-state index is 13.4. The number of rotatable bonds is 7. The van der Waals surface area contributed by atoms with Crippen molar-refractivity contribution in [1.29, 1.82) is 0 Å². The third-order valence-electron chi connectivity index (χ3n) is 4.80. The molecule has 5 heteroatoms. The first kappa shape index (κ1) is 18.9. The van der Waals surface area contributed by atoms with E-state index >= 15 is 0 Å². The van der Waals surface area contributed by atoms with Gasteiger partial charge in [-0.15, -0.1) is 0 Å². The Morgan fingerprint density at radius 3 is 2.75 bits per heavy atom. The van der Waals surface area contributed by atoms with Gasteiger partial charge in [-0.25, -0.2) is 4.39 Å². The van der Waals surface area contributed by atoms with E-state index in [0.29, 0.717) is 25.5 Å². The van der Waals surface area contributed by atoms with E-state index in [1.165, 1.54) is 12.1 Å². The SMILES string of the molecule is COC[C@H](C)N(Cc1cccc(F)c1)C(=O)CC1CCN(C)CC1. The highest BCUT2D eigenvalue weighted by Gasteiger charge is 2.25. The van der Waals surface area contributed by atoms with Crippen molar-refractivity contribution in [2.24, 2.45) is 5.92 Å². The minimum absolute atomic E-state index is 0.0305. The van der Waals surface area contributed by atoms with Crippen LogP contribution in [0.25, 0.3) is 0 Å². The Labute approximate surface area is 144 Å². The summed E-state index contributed by atoms with van der Waals surface area (Å²) in [5, 5.41) is 0. The van der Waals surface area contributed by atoms with Crippen LogP contribution in [0.3, 0.4) is 0 Å². The van der Waals surface area contributed by atoms with Crippen molar-refractivity contribution in [3.05, 3.63) is 35.6 Å². The van der Waals surface area contributed by atoms with Crippen LogP contribution in [0.1, 0.15) is 31.7 Å². The van der Waals surface area contributed by atoms with E-state index in [9.17, 15) is 9.18 Å². The second kappa shape index (κ2) is 9.14. The third-order valence-corrected chi connectivity index (χ3v) is 4.80. The van der Waals surface area contributed by atoms with Gasteiger partial charge in [-0.1, -0.05) is 12.1 Å². The molecule has 4 nitrogen and oxygen atoms in total. The molecule has 0 spiro atoms. The van der Waals surface area contributed by atoms with Crippen LogP contribution in [0, 0.1) is 11.7 Å². The van der Waals surface area contributed by atoms with Gasteiger partial charge in [0.1, 0.15) is 5.82 Å². The lowest BCUT2D eigenvalue weighted by atomic mass is 9.93. The summed E-state index contributed by atoms with van der Waals surface area (Å²) in [7, 11) is 3.76. The molecule has 1 aliphatic rings. The van der Waals surface area contributed by atoms with E-state index in [1.807, 2.05) is 17.9 Å². The molecule has 0 aliphatic carbocycles. The standard InChI is InChI=1S/C19H29FN2O2/c1-15(14-24-3)22(13-17-5-4-6-18(20)11-17)19(23)12-16-7-9-21(2)10-8-16/h4-6,11,15-16H,7-10,12-14H2,1-3H3/t15-/m0/s1. The molecule has 0 bridgehead atoms. The van der Waals surface area contributed by atoms with Crippen LogP contribution >= 0.6 is 0 Å². The predicted octanol–water partition coefficient (Wildman–Crippen LogP) is 2.92. The number of carbonyl (C=O) groups is 1. The van der Waals surface area contributed by atoms with Crippen molar-refractivity contribution in [1.82, 2.24) is 9.80 Å². The van der Waals surface area contributed by atoms with E-state index in [2.05, 4.69) is 11.9 Å². The van der Waals surface area contributed by atoms with Crippen LogP contribution in [0.15, 0.2) is 24.3 Å². The van der Waals surface area contributed by atoms with Gasteiger partial charge in [-0.05, 0) is 63.5 Å². The van der Waals surface area contributed by atoms with Crippen LogP contribution in [0.4, 0.5) is 4.39 Å². The highest BCUT2D eigenvalue weighted by Crippen LogP contribution is 2.22. The Bertz CT molecular complexity index is 530. The lowest BCUT2D eigenvalue weighted by Gasteiger charge is -2.33. The number of nitrogens with zero attached hydrogens (tertiary/aromatic N) is 2. The number of carbonyl (C=O) groups excluding carboxylic acids is 1. The smallest absolute Gasteiger partial charge is 0.223 e. The summed E-state index contributed by atoms with van der Waals surface area (Å²) in [6.45, 7) is 4.99. The molecule has 2 rings (SSSR count). The van der Waals surface area contributed by atoms with Crippen LogP contribution in [0.2, 0.25) is 0 Å². The number of benzene rings is 1. The van der Waals surface area contributed by atoms with Gasteiger partial charge in [0.25, 0.3) is 0 Å². The predicted molar refractivity (Wildman–Crippen MR) is 93.1 cm³/mol. The normalized spacial score (nSPS) is 17.7. The molecule has 1 saturated heterocycles. The minimum atomic E-state index is -0.269. The highest BCUT2D eigenvalue weighted by molar-refractivity contribution is 5.76. The molecule has 1 fully saturated rings. The zero-order chi connectivity index (χ0) is 17.5. The molecule has 0 aromatic heterocycles. The first-order valence-electron chi connectivity index (χ1n) is 8.71. The largest absolute Gasteiger partial charge is 0.383 e. The molecule has 1 heterocycles. The van der Waals surface area contributed by atoms with Gasteiger partial charge in [-0.2, -0.15) is 0 Å². The van der Waals surface area contributed by atoms with E-state index in [4.69, 9.17) is 4.74 Å². The molecular weight excluding hydrogens is 307 g/mol. The van der Waals surface area contributed by atoms with Gasteiger partial charge < -0.3 is 14.5 Å². The number of piperidine rings is 1. The van der Waals surface area contributed by atoms with E-state index in [-0.39, 0.29) is 17.8 Å². The van der Waals surface area contributed by atoms with Gasteiger partial charge in [0, 0.05) is 20.1 Å². The van der Waals surface area contributed by atoms with Crippen molar-refractivity contribution in [2.75, 3.05) is 33.9 Å². The van der Waals surface area contributed by atoms with Gasteiger partial charge in [0.05, 0.1) is 12.6 Å². The molecule has 0 radical (unpaired) electrons. The summed E-state index contributed by atoms with van der Waals surface area (Å²) in [5.74, 6) is 0.312. The van der Waals surface area contributed by atoms with Gasteiger partial charge in [0.2, 0.25) is 5.91 Å². The minimum Gasteiger partial charge on any atom is -0.383 e. The molecular formula is C19H29FN2O2. The topological polar surface area (TPSA) is 32.8 Å². The number of hydrogen-bond donors (Lipinski definition) is 0. The van der Waals surface area contributed by atoms with E-state index in [1.54, 1.807) is 13.2 Å². The van der Waals surface area contributed by atoms with Gasteiger partial charge in [-0.3, -0.25) is 4.79 Å². The summed E-state index contributed by atoms with van der Waals surface area (Å²) in [6.07, 6.45) is 2.70. The quantitative estimate of drug-likeness (QED) is 0.767. The van der Waals surface area contributed by atoms with Crippen LogP contribution in [0.5, 0.6) is 0 Å². The number of amides is 1. The van der Waals surface area contributed by atoms with E-state index in [0.717, 1.165) is 31.5 Å². The zero-order valence-corrected chi connectivity index (χ0v) is 15.0. The molecule has 1 aromatic carbocycles. The number of hydrogen-bond acceptors (Lipinski definition) is 3. The lowest BCUT2D eigenvalue weighted by Crippen LogP contribution is -2.42. The fraction of sp³-hybridized carbons (Fsp3) is 0.632.